The molecule has 1 aromatic heterocycles. The van der Waals surface area contributed by atoms with Crippen molar-refractivity contribution in [2.45, 2.75) is 39.2 Å². The van der Waals surface area contributed by atoms with E-state index >= 15 is 0 Å². The summed E-state index contributed by atoms with van der Waals surface area (Å²) in [5.74, 6) is -0.920. The zero-order valence-corrected chi connectivity index (χ0v) is 14.3. The number of amides is 1. The van der Waals surface area contributed by atoms with Crippen LogP contribution in [0.1, 0.15) is 32.8 Å². The van der Waals surface area contributed by atoms with Gasteiger partial charge in [-0.15, -0.1) is 0 Å². The number of carboxylic acids is 1. The van der Waals surface area contributed by atoms with Crippen molar-refractivity contribution in [1.82, 2.24) is 9.88 Å². The number of pyridine rings is 1. The van der Waals surface area contributed by atoms with Gasteiger partial charge in [-0.1, -0.05) is 11.6 Å². The molecular weight excluding hydrogens is 320 g/mol. The molecule has 2 rings (SSSR count). The Bertz CT molecular complexity index is 614. The molecule has 1 aromatic rings. The highest BCUT2D eigenvalue weighted by molar-refractivity contribution is 6.29. The van der Waals surface area contributed by atoms with Gasteiger partial charge in [0.05, 0.1) is 5.41 Å². The van der Waals surface area contributed by atoms with Crippen molar-refractivity contribution in [2.24, 2.45) is 5.41 Å². The maximum Gasteiger partial charge on any atom is 0.410 e. The zero-order valence-electron chi connectivity index (χ0n) is 13.5. The van der Waals surface area contributed by atoms with Crippen molar-refractivity contribution in [3.63, 3.8) is 0 Å². The summed E-state index contributed by atoms with van der Waals surface area (Å²) in [7, 11) is 0. The number of hydrogen-bond donors (Lipinski definition) is 1. The van der Waals surface area contributed by atoms with Gasteiger partial charge in [-0.05, 0) is 51.3 Å². The lowest BCUT2D eigenvalue weighted by Crippen LogP contribution is -2.40. The lowest BCUT2D eigenvalue weighted by molar-refractivity contribution is -0.148. The molecule has 1 aliphatic rings. The summed E-state index contributed by atoms with van der Waals surface area (Å²) in [5, 5.41) is 10.0. The predicted molar refractivity (Wildman–Crippen MR) is 85.4 cm³/mol. The van der Waals surface area contributed by atoms with E-state index in [0.29, 0.717) is 24.5 Å². The number of rotatable bonds is 3. The van der Waals surface area contributed by atoms with Gasteiger partial charge in [0.25, 0.3) is 0 Å². The van der Waals surface area contributed by atoms with Gasteiger partial charge < -0.3 is 14.7 Å². The topological polar surface area (TPSA) is 79.7 Å². The van der Waals surface area contributed by atoms with Crippen LogP contribution in [0.4, 0.5) is 4.79 Å². The Morgan fingerprint density at radius 1 is 1.48 bits per heavy atom. The van der Waals surface area contributed by atoms with Crippen molar-refractivity contribution in [2.75, 3.05) is 13.1 Å². The Labute approximate surface area is 140 Å². The molecule has 1 N–H and O–H groups in total. The molecule has 0 aliphatic carbocycles. The van der Waals surface area contributed by atoms with E-state index in [9.17, 15) is 14.7 Å². The number of ether oxygens (including phenoxy) is 1. The van der Waals surface area contributed by atoms with Crippen LogP contribution in [0.2, 0.25) is 5.15 Å². The molecule has 0 saturated carbocycles. The molecule has 1 fully saturated rings. The van der Waals surface area contributed by atoms with E-state index in [2.05, 4.69) is 4.98 Å². The number of carbonyl (C=O) groups is 2. The highest BCUT2D eigenvalue weighted by Crippen LogP contribution is 2.35. The minimum absolute atomic E-state index is 0.122. The summed E-state index contributed by atoms with van der Waals surface area (Å²) in [5.41, 5.74) is -0.843. The van der Waals surface area contributed by atoms with Gasteiger partial charge in [0.2, 0.25) is 0 Å². The Kier molecular flexibility index (Phi) is 4.84. The van der Waals surface area contributed by atoms with Crippen molar-refractivity contribution in [3.05, 3.63) is 29.0 Å². The van der Waals surface area contributed by atoms with E-state index < -0.39 is 23.1 Å². The smallest absolute Gasteiger partial charge is 0.410 e. The van der Waals surface area contributed by atoms with Crippen LogP contribution in [0.5, 0.6) is 0 Å². The second-order valence-electron chi connectivity index (χ2n) is 6.90. The fourth-order valence-corrected chi connectivity index (χ4v) is 2.89. The second kappa shape index (κ2) is 6.35. The monoisotopic (exact) mass is 340 g/mol. The van der Waals surface area contributed by atoms with E-state index in [4.69, 9.17) is 16.3 Å². The molecule has 2 heterocycles. The summed E-state index contributed by atoms with van der Waals surface area (Å²) in [6.07, 6.45) is 1.74. The van der Waals surface area contributed by atoms with Gasteiger partial charge in [0, 0.05) is 19.3 Å². The average molecular weight is 341 g/mol. The maximum absolute atomic E-state index is 12.2. The van der Waals surface area contributed by atoms with Crippen LogP contribution in [-0.4, -0.2) is 45.7 Å². The first-order valence-electron chi connectivity index (χ1n) is 7.43. The van der Waals surface area contributed by atoms with Crippen molar-refractivity contribution < 1.29 is 19.4 Å². The van der Waals surface area contributed by atoms with E-state index in [1.54, 1.807) is 39.1 Å². The highest BCUT2D eigenvalue weighted by Gasteiger charge is 2.47. The van der Waals surface area contributed by atoms with E-state index in [0.717, 1.165) is 5.56 Å². The first kappa shape index (κ1) is 17.5. The summed E-state index contributed by atoms with van der Waals surface area (Å²) >= 11 is 5.86. The second-order valence-corrected chi connectivity index (χ2v) is 7.29. The van der Waals surface area contributed by atoms with Crippen molar-refractivity contribution in [1.29, 1.82) is 0 Å². The summed E-state index contributed by atoms with van der Waals surface area (Å²) < 4.78 is 5.33. The number of aliphatic carboxylic acids is 1. The van der Waals surface area contributed by atoms with Gasteiger partial charge in [-0.25, -0.2) is 9.78 Å². The van der Waals surface area contributed by atoms with Crippen LogP contribution in [0.3, 0.4) is 0 Å². The molecule has 1 unspecified atom stereocenters. The van der Waals surface area contributed by atoms with Crippen LogP contribution >= 0.6 is 11.6 Å². The fourth-order valence-electron chi connectivity index (χ4n) is 2.69. The molecule has 0 spiro atoms. The normalized spacial score (nSPS) is 21.3. The minimum atomic E-state index is -1.03. The molecule has 1 atom stereocenters. The summed E-state index contributed by atoms with van der Waals surface area (Å²) in [6.45, 7) is 5.83. The summed E-state index contributed by atoms with van der Waals surface area (Å²) in [6, 6.07) is 3.40. The van der Waals surface area contributed by atoms with Gasteiger partial charge >= 0.3 is 12.1 Å². The number of aromatic nitrogens is 1. The minimum Gasteiger partial charge on any atom is -0.481 e. The molecule has 1 aliphatic heterocycles. The Balaban J connectivity index is 2.14. The largest absolute Gasteiger partial charge is 0.481 e. The lowest BCUT2D eigenvalue weighted by Gasteiger charge is -2.27. The van der Waals surface area contributed by atoms with E-state index in [1.165, 1.54) is 4.90 Å². The van der Waals surface area contributed by atoms with Crippen LogP contribution in [-0.2, 0) is 16.0 Å². The first-order valence-corrected chi connectivity index (χ1v) is 7.81. The Morgan fingerprint density at radius 3 is 2.74 bits per heavy atom. The number of halogens is 1. The third-order valence-electron chi connectivity index (χ3n) is 3.79. The first-order chi connectivity index (χ1) is 10.6. The molecule has 126 valence electrons. The van der Waals surface area contributed by atoms with Gasteiger partial charge in [0.1, 0.15) is 10.8 Å². The van der Waals surface area contributed by atoms with Gasteiger partial charge in [-0.2, -0.15) is 0 Å². The van der Waals surface area contributed by atoms with Gasteiger partial charge in [0.15, 0.2) is 0 Å². The van der Waals surface area contributed by atoms with Crippen LogP contribution in [0.15, 0.2) is 18.3 Å². The number of carboxylic acid groups (broad SMARTS) is 1. The van der Waals surface area contributed by atoms with Crippen molar-refractivity contribution >= 4 is 23.7 Å². The molecule has 23 heavy (non-hydrogen) atoms. The van der Waals surface area contributed by atoms with Crippen LogP contribution < -0.4 is 0 Å². The average Bonchev–Trinajstić information content (AvgIpc) is 2.82. The zero-order chi connectivity index (χ0) is 17.3. The highest BCUT2D eigenvalue weighted by atomic mass is 35.5. The third kappa shape index (κ3) is 4.34. The van der Waals surface area contributed by atoms with E-state index in [-0.39, 0.29) is 6.54 Å². The Hall–Kier alpha value is -1.82. The van der Waals surface area contributed by atoms with Crippen LogP contribution in [0, 0.1) is 5.41 Å². The fraction of sp³-hybridized carbons (Fsp3) is 0.562. The SMILES string of the molecule is CC(C)(C)OC(=O)N1CCC(Cc2ccnc(Cl)c2)(C(=O)O)C1. The van der Waals surface area contributed by atoms with Crippen LogP contribution in [0.25, 0.3) is 0 Å². The molecule has 1 amide bonds. The lowest BCUT2D eigenvalue weighted by atomic mass is 9.81. The maximum atomic E-state index is 12.2. The molecule has 1 saturated heterocycles. The number of hydrogen-bond acceptors (Lipinski definition) is 4. The predicted octanol–water partition coefficient (Wildman–Crippen LogP) is 2.99. The Morgan fingerprint density at radius 2 is 2.17 bits per heavy atom. The molecule has 0 bridgehead atoms. The molecular formula is C16H21ClN2O4. The van der Waals surface area contributed by atoms with E-state index in [1.807, 2.05) is 0 Å². The molecule has 7 heteroatoms. The third-order valence-corrected chi connectivity index (χ3v) is 4.00. The summed E-state index contributed by atoms with van der Waals surface area (Å²) in [4.78, 5) is 29.4. The quantitative estimate of drug-likeness (QED) is 0.856. The number of carbonyl (C=O) groups excluding carboxylic acids is 1. The number of likely N-dealkylation sites (tertiary alicyclic amines) is 1. The standard InChI is InChI=1S/C16H21ClN2O4/c1-15(2,3)23-14(22)19-7-5-16(10-19,13(20)21)9-11-4-6-18-12(17)8-11/h4,6,8H,5,7,9-10H2,1-3H3,(H,20,21). The molecule has 0 aromatic carbocycles. The molecule has 6 nitrogen and oxygen atoms in total. The van der Waals surface area contributed by atoms with Gasteiger partial charge in [-0.3, -0.25) is 4.79 Å². The number of nitrogens with zero attached hydrogens (tertiary/aromatic N) is 2. The molecule has 0 radical (unpaired) electrons. The van der Waals surface area contributed by atoms with Crippen molar-refractivity contribution in [3.8, 4) is 0 Å².